The van der Waals surface area contributed by atoms with Gasteiger partial charge in [-0.1, -0.05) is 6.92 Å². The van der Waals surface area contributed by atoms with Gasteiger partial charge in [-0.25, -0.2) is 0 Å². The van der Waals surface area contributed by atoms with Gasteiger partial charge in [-0.05, 0) is 59.3 Å². The van der Waals surface area contributed by atoms with Crippen LogP contribution in [0.2, 0.25) is 0 Å². The van der Waals surface area contributed by atoms with Gasteiger partial charge in [0.05, 0.1) is 48.5 Å². The van der Waals surface area contributed by atoms with Gasteiger partial charge in [0.25, 0.3) is 0 Å². The van der Waals surface area contributed by atoms with Crippen LogP contribution in [0.15, 0.2) is 0 Å². The van der Waals surface area contributed by atoms with Crippen molar-refractivity contribution in [3.63, 3.8) is 0 Å². The lowest BCUT2D eigenvalue weighted by atomic mass is 9.83. The van der Waals surface area contributed by atoms with Crippen LogP contribution in [-0.2, 0) is 28.5 Å². The predicted molar refractivity (Wildman–Crippen MR) is 94.4 cm³/mol. The standard InChI is InChI=1S/C20H32O6/c1-6-23-18(22)15(10-20(5)13(3)25-20)12(2)17(21)24-11-14-7-8-19(4)16(9-14)26-19/h12-16H,6-11H2,1-5H3. The Balaban J connectivity index is 1.52. The number of epoxide rings is 2. The molecule has 26 heavy (non-hydrogen) atoms. The summed E-state index contributed by atoms with van der Waals surface area (Å²) in [4.78, 5) is 25.0. The molecule has 2 aliphatic heterocycles. The molecule has 7 atom stereocenters. The van der Waals surface area contributed by atoms with Crippen molar-refractivity contribution in [3.8, 4) is 0 Å². The molecule has 1 saturated carbocycles. The Morgan fingerprint density at radius 2 is 1.88 bits per heavy atom. The third kappa shape index (κ3) is 4.06. The van der Waals surface area contributed by atoms with Gasteiger partial charge < -0.3 is 18.9 Å². The van der Waals surface area contributed by atoms with Crippen molar-refractivity contribution in [2.75, 3.05) is 13.2 Å². The summed E-state index contributed by atoms with van der Waals surface area (Å²) in [6, 6.07) is 0. The van der Waals surface area contributed by atoms with Gasteiger partial charge in [-0.3, -0.25) is 9.59 Å². The van der Waals surface area contributed by atoms with Crippen molar-refractivity contribution < 1.29 is 28.5 Å². The number of hydrogen-bond acceptors (Lipinski definition) is 6. The van der Waals surface area contributed by atoms with Crippen LogP contribution in [0.25, 0.3) is 0 Å². The molecule has 0 aromatic rings. The van der Waals surface area contributed by atoms with E-state index in [9.17, 15) is 9.59 Å². The van der Waals surface area contributed by atoms with Crippen molar-refractivity contribution in [3.05, 3.63) is 0 Å². The molecule has 0 radical (unpaired) electrons. The predicted octanol–water partition coefficient (Wildman–Crippen LogP) is 2.87. The van der Waals surface area contributed by atoms with Crippen molar-refractivity contribution in [2.24, 2.45) is 17.8 Å². The van der Waals surface area contributed by atoms with Crippen LogP contribution in [0.1, 0.15) is 60.3 Å². The third-order valence-electron chi connectivity index (χ3n) is 6.53. The zero-order valence-electron chi connectivity index (χ0n) is 16.6. The fraction of sp³-hybridized carbons (Fsp3) is 0.900. The molecule has 6 heteroatoms. The molecule has 3 fully saturated rings. The minimum atomic E-state index is -0.548. The zero-order chi connectivity index (χ0) is 19.1. The van der Waals surface area contributed by atoms with Gasteiger partial charge in [-0.2, -0.15) is 0 Å². The molecule has 0 aromatic heterocycles. The van der Waals surface area contributed by atoms with E-state index >= 15 is 0 Å². The lowest BCUT2D eigenvalue weighted by Crippen LogP contribution is -2.35. The topological polar surface area (TPSA) is 77.7 Å². The first-order chi connectivity index (χ1) is 12.2. The number of fused-ring (bicyclic) bond motifs is 1. The van der Waals surface area contributed by atoms with Crippen molar-refractivity contribution in [2.45, 2.75) is 83.7 Å². The van der Waals surface area contributed by atoms with Crippen molar-refractivity contribution in [1.82, 2.24) is 0 Å². The number of ether oxygens (including phenoxy) is 4. The fourth-order valence-corrected chi connectivity index (χ4v) is 4.10. The molecule has 3 aliphatic rings. The highest BCUT2D eigenvalue weighted by Gasteiger charge is 2.55. The maximum absolute atomic E-state index is 12.6. The summed E-state index contributed by atoms with van der Waals surface area (Å²) in [5.41, 5.74) is -0.289. The first-order valence-corrected chi connectivity index (χ1v) is 9.87. The molecule has 0 amide bonds. The van der Waals surface area contributed by atoms with Crippen LogP contribution in [-0.4, -0.2) is 48.6 Å². The van der Waals surface area contributed by atoms with Gasteiger partial charge in [0.1, 0.15) is 0 Å². The highest BCUT2D eigenvalue weighted by Crippen LogP contribution is 2.49. The Bertz CT molecular complexity index is 563. The minimum Gasteiger partial charge on any atom is -0.466 e. The molecule has 0 bridgehead atoms. The number of hydrogen-bond donors (Lipinski definition) is 0. The molecular formula is C20H32O6. The molecule has 0 N–H and O–H groups in total. The summed E-state index contributed by atoms with van der Waals surface area (Å²) in [6.07, 6.45) is 3.87. The normalized spacial score (nSPS) is 40.1. The molecule has 148 valence electrons. The summed E-state index contributed by atoms with van der Waals surface area (Å²) in [5.74, 6) is -1.42. The van der Waals surface area contributed by atoms with E-state index in [0.29, 0.717) is 31.7 Å². The summed E-state index contributed by atoms with van der Waals surface area (Å²) < 4.78 is 22.1. The monoisotopic (exact) mass is 368 g/mol. The highest BCUT2D eigenvalue weighted by molar-refractivity contribution is 5.82. The number of carbonyl (C=O) groups is 2. The van der Waals surface area contributed by atoms with Crippen LogP contribution < -0.4 is 0 Å². The van der Waals surface area contributed by atoms with Crippen LogP contribution in [0, 0.1) is 17.8 Å². The Morgan fingerprint density at radius 3 is 2.46 bits per heavy atom. The maximum atomic E-state index is 12.6. The molecule has 0 aromatic carbocycles. The number of carbonyl (C=O) groups excluding carboxylic acids is 2. The average molecular weight is 368 g/mol. The molecule has 6 nitrogen and oxygen atoms in total. The molecule has 2 saturated heterocycles. The lowest BCUT2D eigenvalue weighted by molar-refractivity contribution is -0.161. The van der Waals surface area contributed by atoms with Crippen LogP contribution in [0.3, 0.4) is 0 Å². The van der Waals surface area contributed by atoms with Gasteiger partial charge in [0.15, 0.2) is 0 Å². The van der Waals surface area contributed by atoms with Crippen LogP contribution in [0.5, 0.6) is 0 Å². The minimum absolute atomic E-state index is 0.0687. The van der Waals surface area contributed by atoms with Gasteiger partial charge in [0.2, 0.25) is 0 Å². The zero-order valence-corrected chi connectivity index (χ0v) is 16.6. The molecule has 2 heterocycles. The highest BCUT2D eigenvalue weighted by atomic mass is 16.6. The Labute approximate surface area is 155 Å². The molecule has 3 rings (SSSR count). The number of esters is 2. The summed E-state index contributed by atoms with van der Waals surface area (Å²) in [6.45, 7) is 10.3. The Morgan fingerprint density at radius 1 is 1.19 bits per heavy atom. The summed E-state index contributed by atoms with van der Waals surface area (Å²) in [5, 5.41) is 0. The van der Waals surface area contributed by atoms with Crippen LogP contribution >= 0.6 is 0 Å². The van der Waals surface area contributed by atoms with E-state index in [0.717, 1.165) is 19.3 Å². The second-order valence-corrected chi connectivity index (χ2v) is 8.61. The van der Waals surface area contributed by atoms with Gasteiger partial charge in [0, 0.05) is 0 Å². The molecular weight excluding hydrogens is 336 g/mol. The smallest absolute Gasteiger partial charge is 0.309 e. The van der Waals surface area contributed by atoms with Gasteiger partial charge >= 0.3 is 11.9 Å². The quantitative estimate of drug-likeness (QED) is 0.484. The van der Waals surface area contributed by atoms with Crippen molar-refractivity contribution >= 4 is 11.9 Å². The maximum Gasteiger partial charge on any atom is 0.309 e. The summed E-state index contributed by atoms with van der Waals surface area (Å²) >= 11 is 0. The van der Waals surface area contributed by atoms with Crippen LogP contribution in [0.4, 0.5) is 0 Å². The lowest BCUT2D eigenvalue weighted by Gasteiger charge is -2.25. The largest absolute Gasteiger partial charge is 0.466 e. The van der Waals surface area contributed by atoms with E-state index in [-0.39, 0.29) is 29.2 Å². The van der Waals surface area contributed by atoms with E-state index in [1.54, 1.807) is 13.8 Å². The molecule has 0 spiro atoms. The van der Waals surface area contributed by atoms with E-state index in [2.05, 4.69) is 6.92 Å². The van der Waals surface area contributed by atoms with Crippen molar-refractivity contribution in [1.29, 1.82) is 0 Å². The third-order valence-corrected chi connectivity index (χ3v) is 6.53. The molecule has 7 unspecified atom stereocenters. The first-order valence-electron chi connectivity index (χ1n) is 9.87. The van der Waals surface area contributed by atoms with E-state index < -0.39 is 11.8 Å². The van der Waals surface area contributed by atoms with E-state index in [4.69, 9.17) is 18.9 Å². The Hall–Kier alpha value is -1.14. The SMILES string of the molecule is CCOC(=O)C(CC1(C)OC1C)C(C)C(=O)OCC1CCC2(C)OC2C1. The average Bonchev–Trinajstić information content (AvgIpc) is 3.44. The Kier molecular flexibility index (Phi) is 5.37. The summed E-state index contributed by atoms with van der Waals surface area (Å²) in [7, 11) is 0. The van der Waals surface area contributed by atoms with Gasteiger partial charge in [-0.15, -0.1) is 0 Å². The van der Waals surface area contributed by atoms with E-state index in [1.807, 2.05) is 13.8 Å². The fourth-order valence-electron chi connectivity index (χ4n) is 4.10. The second kappa shape index (κ2) is 7.12. The second-order valence-electron chi connectivity index (χ2n) is 8.61. The number of rotatable bonds is 8. The van der Waals surface area contributed by atoms with E-state index in [1.165, 1.54) is 0 Å². The first kappa shape index (κ1) is 19.6. The molecule has 1 aliphatic carbocycles.